The van der Waals surface area contributed by atoms with Gasteiger partial charge in [0.05, 0.1) is 12.1 Å². The maximum atomic E-state index is 6.25. The van der Waals surface area contributed by atoms with E-state index in [2.05, 4.69) is 14.8 Å². The Morgan fingerprint density at radius 3 is 2.78 bits per heavy atom. The van der Waals surface area contributed by atoms with E-state index in [0.717, 1.165) is 18.5 Å². The number of guanidine groups is 1. The Morgan fingerprint density at radius 1 is 1.11 bits per heavy atom. The summed E-state index contributed by atoms with van der Waals surface area (Å²) in [5, 5.41) is 0. The molecule has 4 aliphatic rings. The number of hydrogen-bond acceptors (Lipinski definition) is 4. The first-order valence-corrected chi connectivity index (χ1v) is 7.65. The van der Waals surface area contributed by atoms with E-state index in [4.69, 9.17) is 5.73 Å². The maximum absolute atomic E-state index is 6.25. The minimum atomic E-state index is 0.273. The first-order valence-electron chi connectivity index (χ1n) is 7.65. The van der Waals surface area contributed by atoms with Crippen LogP contribution in [0.25, 0.3) is 0 Å². The molecule has 4 nitrogen and oxygen atoms in total. The second-order valence-electron chi connectivity index (χ2n) is 6.53. The van der Waals surface area contributed by atoms with Crippen LogP contribution in [0.1, 0.15) is 44.9 Å². The van der Waals surface area contributed by atoms with Crippen LogP contribution in [0.15, 0.2) is 4.99 Å². The monoisotopic (exact) mass is 248 g/mol. The van der Waals surface area contributed by atoms with Gasteiger partial charge in [-0.1, -0.05) is 12.8 Å². The van der Waals surface area contributed by atoms with Crippen molar-refractivity contribution in [2.45, 2.75) is 62.6 Å². The first kappa shape index (κ1) is 11.1. The Bertz CT molecular complexity index is 374. The molecule has 2 N–H and O–H groups in total. The molecule has 1 spiro atoms. The summed E-state index contributed by atoms with van der Waals surface area (Å²) in [6.07, 6.45) is 9.39. The third-order valence-electron chi connectivity index (χ3n) is 5.75. The van der Waals surface area contributed by atoms with E-state index in [1.807, 2.05) is 0 Å². The Labute approximate surface area is 109 Å². The van der Waals surface area contributed by atoms with Crippen molar-refractivity contribution in [3.63, 3.8) is 0 Å². The number of nitrogens with zero attached hydrogens (tertiary/aromatic N) is 3. The third-order valence-corrected chi connectivity index (χ3v) is 5.75. The predicted molar refractivity (Wildman–Crippen MR) is 72.5 cm³/mol. The lowest BCUT2D eigenvalue weighted by atomic mass is 9.86. The van der Waals surface area contributed by atoms with Gasteiger partial charge in [0, 0.05) is 18.6 Å². The Morgan fingerprint density at radius 2 is 1.94 bits per heavy atom. The summed E-state index contributed by atoms with van der Waals surface area (Å²) in [6.45, 7) is 3.51. The van der Waals surface area contributed by atoms with Gasteiger partial charge in [0.2, 0.25) is 0 Å². The molecule has 3 fully saturated rings. The fraction of sp³-hybridized carbons (Fsp3) is 0.929. The highest BCUT2D eigenvalue weighted by atomic mass is 15.4. The molecule has 3 aliphatic heterocycles. The molecule has 4 rings (SSSR count). The molecule has 0 bridgehead atoms. The summed E-state index contributed by atoms with van der Waals surface area (Å²) in [7, 11) is 0. The fourth-order valence-electron chi connectivity index (χ4n) is 4.98. The van der Waals surface area contributed by atoms with E-state index in [-0.39, 0.29) is 5.54 Å². The van der Waals surface area contributed by atoms with Crippen LogP contribution in [0.3, 0.4) is 0 Å². The van der Waals surface area contributed by atoms with Gasteiger partial charge in [0.25, 0.3) is 0 Å². The van der Waals surface area contributed by atoms with Crippen LogP contribution in [-0.4, -0.2) is 53.0 Å². The van der Waals surface area contributed by atoms with Crippen molar-refractivity contribution in [3.8, 4) is 0 Å². The van der Waals surface area contributed by atoms with Gasteiger partial charge in [-0.15, -0.1) is 0 Å². The van der Waals surface area contributed by atoms with Crippen molar-refractivity contribution in [1.29, 1.82) is 0 Å². The van der Waals surface area contributed by atoms with Crippen molar-refractivity contribution < 1.29 is 0 Å². The molecule has 0 aromatic heterocycles. The van der Waals surface area contributed by atoms with Gasteiger partial charge in [-0.3, -0.25) is 9.89 Å². The van der Waals surface area contributed by atoms with E-state index in [1.54, 1.807) is 0 Å². The third kappa shape index (κ3) is 1.33. The fourth-order valence-corrected chi connectivity index (χ4v) is 4.98. The van der Waals surface area contributed by atoms with E-state index in [1.165, 1.54) is 58.0 Å². The minimum Gasteiger partial charge on any atom is -0.370 e. The molecule has 3 heterocycles. The van der Waals surface area contributed by atoms with E-state index >= 15 is 0 Å². The molecule has 18 heavy (non-hydrogen) atoms. The minimum absolute atomic E-state index is 0.273. The molecule has 1 aliphatic carbocycles. The zero-order chi connectivity index (χ0) is 12.2. The summed E-state index contributed by atoms with van der Waals surface area (Å²) in [6, 6.07) is 1.40. The van der Waals surface area contributed by atoms with Gasteiger partial charge in [0.15, 0.2) is 5.96 Å². The van der Waals surface area contributed by atoms with Crippen molar-refractivity contribution >= 4 is 5.96 Å². The van der Waals surface area contributed by atoms with Gasteiger partial charge in [-0.2, -0.15) is 0 Å². The van der Waals surface area contributed by atoms with Gasteiger partial charge in [-0.05, 0) is 38.6 Å². The maximum Gasteiger partial charge on any atom is 0.192 e. The standard InChI is InChI=1S/C14H24N4/c15-13-16-10-14(18(13)11-4-1-2-5-11)7-9-17-8-3-6-12(14)17/h11-12H,1-10H2,(H2,15,16). The lowest BCUT2D eigenvalue weighted by Crippen LogP contribution is -2.60. The average molecular weight is 248 g/mol. The molecule has 0 aromatic carbocycles. The summed E-state index contributed by atoms with van der Waals surface area (Å²) in [4.78, 5) is 9.91. The lowest BCUT2D eigenvalue weighted by Gasteiger charge is -2.44. The van der Waals surface area contributed by atoms with Crippen LogP contribution >= 0.6 is 0 Å². The molecule has 2 atom stereocenters. The van der Waals surface area contributed by atoms with Crippen molar-refractivity contribution in [1.82, 2.24) is 9.80 Å². The zero-order valence-electron chi connectivity index (χ0n) is 11.1. The molecule has 4 heteroatoms. The summed E-state index contributed by atoms with van der Waals surface area (Å²) < 4.78 is 0. The highest BCUT2D eigenvalue weighted by Gasteiger charge is 2.57. The summed E-state index contributed by atoms with van der Waals surface area (Å²) in [5.41, 5.74) is 6.53. The van der Waals surface area contributed by atoms with Crippen LogP contribution < -0.4 is 5.73 Å². The second kappa shape index (κ2) is 3.86. The molecular weight excluding hydrogens is 224 g/mol. The molecule has 0 amide bonds. The number of aliphatic imine (C=N–C) groups is 1. The van der Waals surface area contributed by atoms with E-state index in [0.29, 0.717) is 6.04 Å². The van der Waals surface area contributed by atoms with Crippen molar-refractivity contribution in [2.75, 3.05) is 19.6 Å². The number of fused-ring (bicyclic) bond motifs is 2. The van der Waals surface area contributed by atoms with E-state index < -0.39 is 0 Å². The number of nitrogens with two attached hydrogens (primary N) is 1. The number of hydrogen-bond donors (Lipinski definition) is 1. The Hall–Kier alpha value is -0.770. The highest BCUT2D eigenvalue weighted by Crippen LogP contribution is 2.45. The topological polar surface area (TPSA) is 44.9 Å². The SMILES string of the molecule is NC1=NCC2(CCN3CCCC32)N1C1CCCC1. The molecule has 0 aromatic rings. The molecule has 0 radical (unpaired) electrons. The van der Waals surface area contributed by atoms with Crippen LogP contribution in [0.4, 0.5) is 0 Å². The summed E-state index contributed by atoms with van der Waals surface area (Å²) >= 11 is 0. The lowest BCUT2D eigenvalue weighted by molar-refractivity contribution is 0.112. The van der Waals surface area contributed by atoms with Crippen LogP contribution in [0, 0.1) is 0 Å². The molecule has 2 unspecified atom stereocenters. The molecule has 2 saturated heterocycles. The van der Waals surface area contributed by atoms with Gasteiger partial charge < -0.3 is 10.6 Å². The van der Waals surface area contributed by atoms with Crippen LogP contribution in [-0.2, 0) is 0 Å². The largest absolute Gasteiger partial charge is 0.370 e. The quantitative estimate of drug-likeness (QED) is 0.757. The Kier molecular flexibility index (Phi) is 2.38. The highest BCUT2D eigenvalue weighted by molar-refractivity contribution is 5.81. The average Bonchev–Trinajstić information content (AvgIpc) is 3.09. The van der Waals surface area contributed by atoms with Crippen molar-refractivity contribution in [2.24, 2.45) is 10.7 Å². The van der Waals surface area contributed by atoms with Gasteiger partial charge in [0.1, 0.15) is 0 Å². The van der Waals surface area contributed by atoms with Crippen LogP contribution in [0.2, 0.25) is 0 Å². The smallest absolute Gasteiger partial charge is 0.192 e. The second-order valence-corrected chi connectivity index (χ2v) is 6.53. The van der Waals surface area contributed by atoms with Gasteiger partial charge in [-0.25, -0.2) is 0 Å². The summed E-state index contributed by atoms with van der Waals surface area (Å²) in [5.74, 6) is 0.843. The van der Waals surface area contributed by atoms with Crippen molar-refractivity contribution in [3.05, 3.63) is 0 Å². The van der Waals surface area contributed by atoms with Crippen LogP contribution in [0.5, 0.6) is 0 Å². The van der Waals surface area contributed by atoms with E-state index in [9.17, 15) is 0 Å². The van der Waals surface area contributed by atoms with Gasteiger partial charge >= 0.3 is 0 Å². The predicted octanol–water partition coefficient (Wildman–Crippen LogP) is 1.17. The molecule has 1 saturated carbocycles. The molecule has 100 valence electrons. The zero-order valence-corrected chi connectivity index (χ0v) is 11.1. The Balaban J connectivity index is 1.67. The number of rotatable bonds is 1. The molecular formula is C14H24N4. The first-order chi connectivity index (χ1) is 8.81. The normalized spacial score (nSPS) is 41.0.